The zero-order valence-corrected chi connectivity index (χ0v) is 9.14. The molecule has 1 heterocycles. The lowest BCUT2D eigenvalue weighted by atomic mass is 10.1. The van der Waals surface area contributed by atoms with Crippen LogP contribution in [0.4, 0.5) is 5.82 Å². The molecule has 2 N–H and O–H groups in total. The van der Waals surface area contributed by atoms with Gasteiger partial charge in [-0.2, -0.15) is 0 Å². The van der Waals surface area contributed by atoms with Crippen LogP contribution in [0.5, 0.6) is 5.75 Å². The van der Waals surface area contributed by atoms with Gasteiger partial charge in [-0.25, -0.2) is 4.98 Å². The van der Waals surface area contributed by atoms with Crippen molar-refractivity contribution in [2.24, 2.45) is 5.92 Å². The molecule has 1 aromatic carbocycles. The number of phenolic OH excluding ortho intramolecular Hbond substituents is 1. The van der Waals surface area contributed by atoms with E-state index in [0.717, 1.165) is 22.5 Å². The third-order valence-corrected chi connectivity index (χ3v) is 3.18. The monoisotopic (exact) mass is 214 g/mol. The van der Waals surface area contributed by atoms with E-state index in [1.165, 1.54) is 6.42 Å². The van der Waals surface area contributed by atoms with E-state index in [-0.39, 0.29) is 5.75 Å². The standard InChI is InChI=1S/C13H14N2O/c1-8-6-12(8)15-13-11-7-10(16)3-2-9(11)4-5-14-13/h2-5,7-8,12,16H,6H2,1H3,(H,14,15). The largest absolute Gasteiger partial charge is 0.508 e. The molecule has 0 bridgehead atoms. The Morgan fingerprint density at radius 1 is 1.38 bits per heavy atom. The lowest BCUT2D eigenvalue weighted by Gasteiger charge is -2.08. The molecule has 2 unspecified atom stereocenters. The lowest BCUT2D eigenvalue weighted by molar-refractivity contribution is 0.476. The number of anilines is 1. The highest BCUT2D eigenvalue weighted by atomic mass is 16.3. The highest BCUT2D eigenvalue weighted by Gasteiger charge is 2.32. The van der Waals surface area contributed by atoms with Crippen molar-refractivity contribution < 1.29 is 5.11 Å². The van der Waals surface area contributed by atoms with Crippen LogP contribution in [0.25, 0.3) is 10.8 Å². The van der Waals surface area contributed by atoms with Gasteiger partial charge in [0.05, 0.1) is 0 Å². The summed E-state index contributed by atoms with van der Waals surface area (Å²) in [7, 11) is 0. The summed E-state index contributed by atoms with van der Waals surface area (Å²) >= 11 is 0. The van der Waals surface area contributed by atoms with Crippen molar-refractivity contribution in [2.75, 3.05) is 5.32 Å². The molecule has 3 rings (SSSR count). The molecule has 1 aliphatic carbocycles. The molecule has 16 heavy (non-hydrogen) atoms. The minimum absolute atomic E-state index is 0.285. The van der Waals surface area contributed by atoms with E-state index in [0.29, 0.717) is 6.04 Å². The Kier molecular flexibility index (Phi) is 1.99. The predicted molar refractivity (Wildman–Crippen MR) is 64.6 cm³/mol. The molecule has 0 radical (unpaired) electrons. The summed E-state index contributed by atoms with van der Waals surface area (Å²) in [5, 5.41) is 15.0. The first kappa shape index (κ1) is 9.46. The summed E-state index contributed by atoms with van der Waals surface area (Å²) in [4.78, 5) is 4.34. The van der Waals surface area contributed by atoms with Gasteiger partial charge in [0.15, 0.2) is 0 Å². The van der Waals surface area contributed by atoms with Gasteiger partial charge in [0.2, 0.25) is 0 Å². The van der Waals surface area contributed by atoms with E-state index < -0.39 is 0 Å². The molecule has 1 saturated carbocycles. The lowest BCUT2D eigenvalue weighted by Crippen LogP contribution is -2.05. The van der Waals surface area contributed by atoms with E-state index in [4.69, 9.17) is 0 Å². The SMILES string of the molecule is CC1CC1Nc1nccc2ccc(O)cc12. The van der Waals surface area contributed by atoms with Crippen molar-refractivity contribution >= 4 is 16.6 Å². The van der Waals surface area contributed by atoms with Crippen molar-refractivity contribution in [3.8, 4) is 5.75 Å². The first-order chi connectivity index (χ1) is 7.74. The maximum atomic E-state index is 9.50. The van der Waals surface area contributed by atoms with E-state index in [1.54, 1.807) is 18.3 Å². The molecule has 0 spiro atoms. The number of benzene rings is 1. The minimum atomic E-state index is 0.285. The van der Waals surface area contributed by atoms with Crippen LogP contribution in [-0.2, 0) is 0 Å². The highest BCUT2D eigenvalue weighted by Crippen LogP contribution is 2.34. The first-order valence-corrected chi connectivity index (χ1v) is 5.58. The summed E-state index contributed by atoms with van der Waals surface area (Å²) in [5.41, 5.74) is 0. The van der Waals surface area contributed by atoms with E-state index in [2.05, 4.69) is 17.2 Å². The number of rotatable bonds is 2. The number of hydrogen-bond donors (Lipinski definition) is 2. The molecule has 2 aromatic rings. The van der Waals surface area contributed by atoms with Crippen LogP contribution in [-0.4, -0.2) is 16.1 Å². The topological polar surface area (TPSA) is 45.2 Å². The number of fused-ring (bicyclic) bond motifs is 1. The van der Waals surface area contributed by atoms with E-state index >= 15 is 0 Å². The Morgan fingerprint density at radius 3 is 2.94 bits per heavy atom. The van der Waals surface area contributed by atoms with Gasteiger partial charge in [-0.15, -0.1) is 0 Å². The maximum absolute atomic E-state index is 9.50. The smallest absolute Gasteiger partial charge is 0.134 e. The molecule has 0 aliphatic heterocycles. The van der Waals surface area contributed by atoms with Gasteiger partial charge in [-0.3, -0.25) is 0 Å². The fourth-order valence-electron chi connectivity index (χ4n) is 1.97. The second-order valence-electron chi connectivity index (χ2n) is 4.53. The molecular weight excluding hydrogens is 200 g/mol. The average molecular weight is 214 g/mol. The molecule has 1 aliphatic rings. The van der Waals surface area contributed by atoms with Gasteiger partial charge in [-0.1, -0.05) is 13.0 Å². The Hall–Kier alpha value is -1.77. The summed E-state index contributed by atoms with van der Waals surface area (Å²) in [6.07, 6.45) is 3.01. The van der Waals surface area contributed by atoms with Crippen LogP contribution in [0.1, 0.15) is 13.3 Å². The molecule has 2 atom stereocenters. The summed E-state index contributed by atoms with van der Waals surface area (Å²) < 4.78 is 0. The van der Waals surface area contributed by atoms with Gasteiger partial charge >= 0.3 is 0 Å². The Bertz CT molecular complexity index is 538. The molecule has 0 saturated heterocycles. The zero-order chi connectivity index (χ0) is 11.1. The number of nitrogens with one attached hydrogen (secondary N) is 1. The van der Waals surface area contributed by atoms with Gasteiger partial charge in [-0.05, 0) is 35.9 Å². The van der Waals surface area contributed by atoms with Crippen molar-refractivity contribution in [3.05, 3.63) is 30.5 Å². The second-order valence-corrected chi connectivity index (χ2v) is 4.53. The van der Waals surface area contributed by atoms with Crippen molar-refractivity contribution in [1.82, 2.24) is 4.98 Å². The third kappa shape index (κ3) is 1.58. The number of aromatic nitrogens is 1. The normalized spacial score (nSPS) is 23.3. The van der Waals surface area contributed by atoms with Crippen LogP contribution in [0, 0.1) is 5.92 Å². The average Bonchev–Trinajstić information content (AvgIpc) is 2.95. The van der Waals surface area contributed by atoms with Crippen LogP contribution < -0.4 is 5.32 Å². The van der Waals surface area contributed by atoms with Gasteiger partial charge < -0.3 is 10.4 Å². The Labute approximate surface area is 94.1 Å². The fourth-order valence-corrected chi connectivity index (χ4v) is 1.97. The summed E-state index contributed by atoms with van der Waals surface area (Å²) in [6.45, 7) is 2.22. The molecule has 82 valence electrons. The highest BCUT2D eigenvalue weighted by molar-refractivity contribution is 5.92. The number of phenols is 1. The third-order valence-electron chi connectivity index (χ3n) is 3.18. The molecule has 1 aromatic heterocycles. The van der Waals surface area contributed by atoms with E-state index in [1.807, 2.05) is 12.1 Å². The Balaban J connectivity index is 2.05. The molecular formula is C13H14N2O. The van der Waals surface area contributed by atoms with E-state index in [9.17, 15) is 5.11 Å². The predicted octanol–water partition coefficient (Wildman–Crippen LogP) is 2.76. The number of nitrogens with zero attached hydrogens (tertiary/aromatic N) is 1. The number of aromatic hydroxyl groups is 1. The minimum Gasteiger partial charge on any atom is -0.508 e. The van der Waals surface area contributed by atoms with Crippen LogP contribution in [0.15, 0.2) is 30.5 Å². The van der Waals surface area contributed by atoms with Crippen LogP contribution in [0.3, 0.4) is 0 Å². The van der Waals surface area contributed by atoms with Crippen molar-refractivity contribution in [2.45, 2.75) is 19.4 Å². The van der Waals surface area contributed by atoms with Gasteiger partial charge in [0.1, 0.15) is 11.6 Å². The molecule has 3 nitrogen and oxygen atoms in total. The maximum Gasteiger partial charge on any atom is 0.134 e. The van der Waals surface area contributed by atoms with Gasteiger partial charge in [0.25, 0.3) is 0 Å². The quantitative estimate of drug-likeness (QED) is 0.808. The summed E-state index contributed by atoms with van der Waals surface area (Å²) in [6, 6.07) is 7.87. The van der Waals surface area contributed by atoms with Crippen molar-refractivity contribution in [1.29, 1.82) is 0 Å². The van der Waals surface area contributed by atoms with Gasteiger partial charge in [0, 0.05) is 17.6 Å². The number of pyridine rings is 1. The van der Waals surface area contributed by atoms with Crippen LogP contribution in [0.2, 0.25) is 0 Å². The Morgan fingerprint density at radius 2 is 2.19 bits per heavy atom. The second kappa shape index (κ2) is 3.37. The fraction of sp³-hybridized carbons (Fsp3) is 0.308. The summed E-state index contributed by atoms with van der Waals surface area (Å²) in [5.74, 6) is 1.89. The van der Waals surface area contributed by atoms with Crippen LogP contribution >= 0.6 is 0 Å². The first-order valence-electron chi connectivity index (χ1n) is 5.58. The molecule has 1 fully saturated rings. The molecule has 3 heteroatoms. The number of hydrogen-bond acceptors (Lipinski definition) is 3. The molecule has 0 amide bonds. The van der Waals surface area contributed by atoms with Crippen molar-refractivity contribution in [3.63, 3.8) is 0 Å². The zero-order valence-electron chi connectivity index (χ0n) is 9.14.